The molecule has 92 valence electrons. The summed E-state index contributed by atoms with van der Waals surface area (Å²) >= 11 is 0. The lowest BCUT2D eigenvalue weighted by atomic mass is 10.0. The fraction of sp³-hybridized carbons (Fsp3) is 0.500. The van der Waals surface area contributed by atoms with E-state index in [1.165, 1.54) is 0 Å². The zero-order valence-electron chi connectivity index (χ0n) is 10.5. The maximum absolute atomic E-state index is 8.98. The minimum Gasteiger partial charge on any atom is -0.396 e. The fourth-order valence-electron chi connectivity index (χ4n) is 1.76. The van der Waals surface area contributed by atoms with E-state index in [-0.39, 0.29) is 6.61 Å². The Bertz CT molecular complexity index is 365. The van der Waals surface area contributed by atoms with Gasteiger partial charge in [-0.1, -0.05) is 26.0 Å². The van der Waals surface area contributed by atoms with Crippen LogP contribution in [0.3, 0.4) is 0 Å². The minimum atomic E-state index is 0.212. The summed E-state index contributed by atoms with van der Waals surface area (Å²) in [5, 5.41) is 21.1. The molecule has 1 unspecified atom stereocenters. The van der Waals surface area contributed by atoms with Crippen molar-refractivity contribution in [2.24, 2.45) is 5.92 Å². The number of hydrogen-bond acceptors (Lipinski definition) is 3. The molecular weight excluding hydrogens is 212 g/mol. The Hall–Kier alpha value is -1.37. The lowest BCUT2D eigenvalue weighted by Crippen LogP contribution is -2.34. The van der Waals surface area contributed by atoms with Crippen LogP contribution in [0.2, 0.25) is 0 Å². The van der Waals surface area contributed by atoms with Crippen LogP contribution in [0.25, 0.3) is 0 Å². The summed E-state index contributed by atoms with van der Waals surface area (Å²) in [7, 11) is 0. The molecule has 1 aromatic carbocycles. The van der Waals surface area contributed by atoms with Crippen LogP contribution < -0.4 is 5.32 Å². The molecular formula is C14H20N2O. The smallest absolute Gasteiger partial charge is 0.0991 e. The van der Waals surface area contributed by atoms with E-state index in [4.69, 9.17) is 10.4 Å². The third kappa shape index (κ3) is 4.56. The fourth-order valence-corrected chi connectivity index (χ4v) is 1.76. The van der Waals surface area contributed by atoms with Crippen LogP contribution in [0.1, 0.15) is 31.4 Å². The highest BCUT2D eigenvalue weighted by molar-refractivity contribution is 5.31. The van der Waals surface area contributed by atoms with Crippen molar-refractivity contribution in [3.8, 4) is 6.07 Å². The van der Waals surface area contributed by atoms with Gasteiger partial charge in [0.25, 0.3) is 0 Å². The zero-order chi connectivity index (χ0) is 12.7. The summed E-state index contributed by atoms with van der Waals surface area (Å²) in [6.45, 7) is 5.27. The van der Waals surface area contributed by atoms with E-state index < -0.39 is 0 Å². The number of nitriles is 1. The number of aliphatic hydroxyl groups is 1. The Morgan fingerprint density at radius 2 is 1.94 bits per heavy atom. The first-order chi connectivity index (χ1) is 8.17. The number of rotatable bonds is 6. The third-order valence-electron chi connectivity index (χ3n) is 2.90. The van der Waals surface area contributed by atoms with E-state index in [1.54, 1.807) is 0 Å². The lowest BCUT2D eigenvalue weighted by Gasteiger charge is -2.21. The Labute approximate surface area is 103 Å². The molecule has 0 aliphatic heterocycles. The van der Waals surface area contributed by atoms with Crippen molar-refractivity contribution in [3.05, 3.63) is 35.4 Å². The largest absolute Gasteiger partial charge is 0.396 e. The number of nitrogens with one attached hydrogen (secondary N) is 1. The van der Waals surface area contributed by atoms with E-state index in [0.717, 1.165) is 18.5 Å². The Kier molecular flexibility index (Phi) is 5.68. The van der Waals surface area contributed by atoms with Crippen LogP contribution in [0.15, 0.2) is 24.3 Å². The van der Waals surface area contributed by atoms with Gasteiger partial charge in [-0.15, -0.1) is 0 Å². The predicted molar refractivity (Wildman–Crippen MR) is 68.3 cm³/mol. The standard InChI is InChI=1S/C14H20N2O/c1-11(2)14(7-8-17)16-10-13-5-3-12(9-15)4-6-13/h3-6,11,14,16-17H,7-8,10H2,1-2H3. The van der Waals surface area contributed by atoms with Gasteiger partial charge in [-0.3, -0.25) is 0 Å². The molecule has 0 saturated heterocycles. The summed E-state index contributed by atoms with van der Waals surface area (Å²) in [5.41, 5.74) is 1.84. The highest BCUT2D eigenvalue weighted by atomic mass is 16.3. The van der Waals surface area contributed by atoms with E-state index >= 15 is 0 Å². The zero-order valence-corrected chi connectivity index (χ0v) is 10.5. The molecule has 0 bridgehead atoms. The van der Waals surface area contributed by atoms with Crippen molar-refractivity contribution in [1.82, 2.24) is 5.32 Å². The second kappa shape index (κ2) is 7.05. The van der Waals surface area contributed by atoms with Gasteiger partial charge in [0.1, 0.15) is 0 Å². The summed E-state index contributed by atoms with van der Waals surface area (Å²) < 4.78 is 0. The monoisotopic (exact) mass is 232 g/mol. The molecule has 0 aliphatic rings. The molecule has 0 saturated carbocycles. The maximum Gasteiger partial charge on any atom is 0.0991 e. The van der Waals surface area contributed by atoms with Gasteiger partial charge in [-0.05, 0) is 30.0 Å². The van der Waals surface area contributed by atoms with Gasteiger partial charge in [-0.25, -0.2) is 0 Å². The van der Waals surface area contributed by atoms with Gasteiger partial charge in [-0.2, -0.15) is 5.26 Å². The molecule has 2 N–H and O–H groups in total. The van der Waals surface area contributed by atoms with Crippen LogP contribution in [-0.4, -0.2) is 17.8 Å². The van der Waals surface area contributed by atoms with Gasteiger partial charge in [0.2, 0.25) is 0 Å². The molecule has 0 amide bonds. The first kappa shape index (κ1) is 13.7. The van der Waals surface area contributed by atoms with Crippen LogP contribution in [0.4, 0.5) is 0 Å². The Morgan fingerprint density at radius 3 is 2.41 bits per heavy atom. The van der Waals surface area contributed by atoms with Crippen molar-refractivity contribution in [2.75, 3.05) is 6.61 Å². The van der Waals surface area contributed by atoms with E-state index in [1.807, 2.05) is 24.3 Å². The van der Waals surface area contributed by atoms with Gasteiger partial charge in [0.15, 0.2) is 0 Å². The number of aliphatic hydroxyl groups excluding tert-OH is 1. The quantitative estimate of drug-likeness (QED) is 0.789. The summed E-state index contributed by atoms with van der Waals surface area (Å²) in [6, 6.07) is 10.0. The molecule has 0 aliphatic carbocycles. The summed E-state index contributed by atoms with van der Waals surface area (Å²) in [4.78, 5) is 0. The minimum absolute atomic E-state index is 0.212. The Balaban J connectivity index is 2.50. The molecule has 0 radical (unpaired) electrons. The molecule has 1 atom stereocenters. The van der Waals surface area contributed by atoms with Gasteiger partial charge >= 0.3 is 0 Å². The van der Waals surface area contributed by atoms with Crippen LogP contribution >= 0.6 is 0 Å². The molecule has 0 heterocycles. The number of nitrogens with zero attached hydrogens (tertiary/aromatic N) is 1. The summed E-state index contributed by atoms with van der Waals surface area (Å²) in [6.07, 6.45) is 0.772. The average Bonchev–Trinajstić information content (AvgIpc) is 2.34. The van der Waals surface area contributed by atoms with Crippen LogP contribution in [0.5, 0.6) is 0 Å². The summed E-state index contributed by atoms with van der Waals surface area (Å²) in [5.74, 6) is 0.500. The molecule has 0 spiro atoms. The normalized spacial score (nSPS) is 12.4. The molecule has 17 heavy (non-hydrogen) atoms. The molecule has 1 rings (SSSR count). The van der Waals surface area contributed by atoms with E-state index in [9.17, 15) is 0 Å². The Morgan fingerprint density at radius 1 is 1.29 bits per heavy atom. The molecule has 3 nitrogen and oxygen atoms in total. The predicted octanol–water partition coefficient (Wildman–Crippen LogP) is 2.05. The first-order valence-corrected chi connectivity index (χ1v) is 6.00. The van der Waals surface area contributed by atoms with Crippen molar-refractivity contribution in [2.45, 2.75) is 32.9 Å². The first-order valence-electron chi connectivity index (χ1n) is 6.00. The number of hydrogen-bond donors (Lipinski definition) is 2. The van der Waals surface area contributed by atoms with Crippen molar-refractivity contribution in [3.63, 3.8) is 0 Å². The second-order valence-corrected chi connectivity index (χ2v) is 4.55. The molecule has 3 heteroatoms. The molecule has 0 aromatic heterocycles. The van der Waals surface area contributed by atoms with E-state index in [2.05, 4.69) is 25.2 Å². The number of benzene rings is 1. The van der Waals surface area contributed by atoms with Crippen LogP contribution in [-0.2, 0) is 6.54 Å². The second-order valence-electron chi connectivity index (χ2n) is 4.55. The van der Waals surface area contributed by atoms with Crippen molar-refractivity contribution >= 4 is 0 Å². The van der Waals surface area contributed by atoms with Gasteiger partial charge in [0, 0.05) is 19.2 Å². The molecule has 0 fully saturated rings. The van der Waals surface area contributed by atoms with Crippen molar-refractivity contribution < 1.29 is 5.11 Å². The topological polar surface area (TPSA) is 56.0 Å². The van der Waals surface area contributed by atoms with Gasteiger partial charge < -0.3 is 10.4 Å². The van der Waals surface area contributed by atoms with Crippen molar-refractivity contribution in [1.29, 1.82) is 5.26 Å². The average molecular weight is 232 g/mol. The highest BCUT2D eigenvalue weighted by Crippen LogP contribution is 2.08. The lowest BCUT2D eigenvalue weighted by molar-refractivity contribution is 0.244. The highest BCUT2D eigenvalue weighted by Gasteiger charge is 2.11. The maximum atomic E-state index is 8.98. The van der Waals surface area contributed by atoms with Gasteiger partial charge in [0.05, 0.1) is 11.6 Å². The van der Waals surface area contributed by atoms with Crippen LogP contribution in [0, 0.1) is 17.2 Å². The third-order valence-corrected chi connectivity index (χ3v) is 2.90. The molecule has 1 aromatic rings. The SMILES string of the molecule is CC(C)C(CCO)NCc1ccc(C#N)cc1. The van der Waals surface area contributed by atoms with E-state index in [0.29, 0.717) is 17.5 Å².